The average Bonchev–Trinajstić information content (AvgIpc) is 3.26. The minimum atomic E-state index is -0.290. The number of nitrogens with zero attached hydrogens (tertiary/aromatic N) is 2. The molecule has 3 aromatic rings. The quantitative estimate of drug-likeness (QED) is 0.542. The Morgan fingerprint density at radius 1 is 1.06 bits per heavy atom. The lowest BCUT2D eigenvalue weighted by Crippen LogP contribution is -2.36. The Hall–Kier alpha value is -3.25. The maximum absolute atomic E-state index is 13.0. The summed E-state index contributed by atoms with van der Waals surface area (Å²) in [6.07, 6.45) is 1.49. The second-order valence-electron chi connectivity index (χ2n) is 7.68. The first-order valence-corrected chi connectivity index (χ1v) is 10.4. The fourth-order valence-corrected chi connectivity index (χ4v) is 3.51. The number of benzene rings is 2. The number of hydrogen-bond donors (Lipinski definition) is 1. The topological polar surface area (TPSA) is 65.8 Å². The number of carbonyl (C=O) groups excluding carboxylic acids is 2. The average molecular weight is 440 g/mol. The molecule has 1 aromatic heterocycles. The van der Waals surface area contributed by atoms with Crippen LogP contribution in [0.25, 0.3) is 0 Å². The van der Waals surface area contributed by atoms with Crippen LogP contribution in [-0.2, 0) is 6.54 Å². The summed E-state index contributed by atoms with van der Waals surface area (Å²) < 4.78 is 5.31. The van der Waals surface area contributed by atoms with E-state index in [1.807, 2.05) is 51.0 Å². The molecule has 0 spiro atoms. The normalized spacial score (nSPS) is 10.8. The molecule has 0 saturated heterocycles. The van der Waals surface area contributed by atoms with Gasteiger partial charge in [0.1, 0.15) is 0 Å². The van der Waals surface area contributed by atoms with Gasteiger partial charge in [-0.2, -0.15) is 0 Å². The summed E-state index contributed by atoms with van der Waals surface area (Å²) >= 11 is 6.15. The van der Waals surface area contributed by atoms with Crippen LogP contribution in [0, 0.1) is 0 Å². The number of amides is 2. The molecule has 0 atom stereocenters. The van der Waals surface area contributed by atoms with Crippen LogP contribution in [0.3, 0.4) is 0 Å². The Kier molecular flexibility index (Phi) is 7.02. The number of hydrogen-bond acceptors (Lipinski definition) is 4. The molecule has 0 aliphatic carbocycles. The lowest BCUT2D eigenvalue weighted by Gasteiger charge is -2.28. The first-order valence-electron chi connectivity index (χ1n) is 9.98. The van der Waals surface area contributed by atoms with Crippen molar-refractivity contribution < 1.29 is 14.0 Å². The van der Waals surface area contributed by atoms with E-state index in [-0.39, 0.29) is 17.9 Å². The standard InChI is InChI=1S/C24H26ClN3O3/c1-16(2)28(24(30)22-10-7-13-31-22)15-17-14-18(11-12-21(17)27(3)4)26-23(29)19-8-5-6-9-20(19)25/h5-14,16H,15H2,1-4H3,(H,26,29). The van der Waals surface area contributed by atoms with Crippen LogP contribution in [0.1, 0.15) is 40.3 Å². The van der Waals surface area contributed by atoms with Gasteiger partial charge in [-0.1, -0.05) is 23.7 Å². The maximum Gasteiger partial charge on any atom is 0.290 e. The van der Waals surface area contributed by atoms with Crippen molar-refractivity contribution >= 4 is 34.8 Å². The number of anilines is 2. The van der Waals surface area contributed by atoms with Gasteiger partial charge in [-0.25, -0.2) is 0 Å². The first kappa shape index (κ1) is 22.4. The molecule has 1 heterocycles. The number of furan rings is 1. The largest absolute Gasteiger partial charge is 0.459 e. The Balaban J connectivity index is 1.90. The van der Waals surface area contributed by atoms with Gasteiger partial charge in [0, 0.05) is 38.1 Å². The number of rotatable bonds is 7. The fourth-order valence-electron chi connectivity index (χ4n) is 3.28. The van der Waals surface area contributed by atoms with Gasteiger partial charge in [-0.05, 0) is 61.9 Å². The first-order chi connectivity index (χ1) is 14.8. The molecule has 6 nitrogen and oxygen atoms in total. The van der Waals surface area contributed by atoms with Crippen molar-refractivity contribution in [1.82, 2.24) is 4.90 Å². The molecule has 7 heteroatoms. The van der Waals surface area contributed by atoms with Crippen LogP contribution in [0.5, 0.6) is 0 Å². The SMILES string of the molecule is CC(C)N(Cc1cc(NC(=O)c2ccccc2Cl)ccc1N(C)C)C(=O)c1ccco1. The van der Waals surface area contributed by atoms with Crippen molar-refractivity contribution in [1.29, 1.82) is 0 Å². The summed E-state index contributed by atoms with van der Waals surface area (Å²) in [5.74, 6) is -0.181. The molecule has 0 saturated carbocycles. The lowest BCUT2D eigenvalue weighted by atomic mass is 10.1. The smallest absolute Gasteiger partial charge is 0.290 e. The van der Waals surface area contributed by atoms with Crippen LogP contribution in [0.15, 0.2) is 65.3 Å². The fraction of sp³-hybridized carbons (Fsp3) is 0.250. The van der Waals surface area contributed by atoms with E-state index >= 15 is 0 Å². The van der Waals surface area contributed by atoms with Gasteiger partial charge in [-0.15, -0.1) is 0 Å². The van der Waals surface area contributed by atoms with Crippen molar-refractivity contribution in [3.63, 3.8) is 0 Å². The molecular weight excluding hydrogens is 414 g/mol. The Morgan fingerprint density at radius 3 is 2.42 bits per heavy atom. The van der Waals surface area contributed by atoms with E-state index < -0.39 is 0 Å². The van der Waals surface area contributed by atoms with Crippen LogP contribution in [-0.4, -0.2) is 36.9 Å². The van der Waals surface area contributed by atoms with E-state index in [1.54, 1.807) is 41.3 Å². The third-order valence-electron chi connectivity index (χ3n) is 4.89. The molecule has 1 N–H and O–H groups in total. The monoisotopic (exact) mass is 439 g/mol. The molecular formula is C24H26ClN3O3. The zero-order valence-corrected chi connectivity index (χ0v) is 18.8. The molecule has 0 bridgehead atoms. The maximum atomic E-state index is 13.0. The molecule has 0 fully saturated rings. The summed E-state index contributed by atoms with van der Waals surface area (Å²) in [7, 11) is 3.88. The lowest BCUT2D eigenvalue weighted by molar-refractivity contribution is 0.0657. The van der Waals surface area contributed by atoms with Crippen LogP contribution < -0.4 is 10.2 Å². The van der Waals surface area contributed by atoms with E-state index in [2.05, 4.69) is 5.32 Å². The second kappa shape index (κ2) is 9.71. The van der Waals surface area contributed by atoms with Gasteiger partial charge in [0.15, 0.2) is 5.76 Å². The summed E-state index contributed by atoms with van der Waals surface area (Å²) in [5, 5.41) is 3.29. The predicted octanol–water partition coefficient (Wildman–Crippen LogP) is 5.30. The molecule has 0 aliphatic rings. The zero-order chi connectivity index (χ0) is 22.5. The number of halogens is 1. The van der Waals surface area contributed by atoms with Gasteiger partial charge in [0.2, 0.25) is 0 Å². The Morgan fingerprint density at radius 2 is 1.81 bits per heavy atom. The molecule has 162 valence electrons. The Bertz CT molecular complexity index is 1060. The summed E-state index contributed by atoms with van der Waals surface area (Å²) in [5.41, 5.74) is 2.88. The van der Waals surface area contributed by atoms with Crippen molar-refractivity contribution in [2.75, 3.05) is 24.3 Å². The minimum Gasteiger partial charge on any atom is -0.459 e. The van der Waals surface area contributed by atoms with Crippen molar-refractivity contribution in [2.45, 2.75) is 26.4 Å². The van der Waals surface area contributed by atoms with Gasteiger partial charge in [0.25, 0.3) is 11.8 Å². The summed E-state index contributed by atoms with van der Waals surface area (Å²) in [6.45, 7) is 4.28. The Labute approximate surface area is 187 Å². The van der Waals surface area contributed by atoms with Crippen LogP contribution >= 0.6 is 11.6 Å². The van der Waals surface area contributed by atoms with E-state index in [4.69, 9.17) is 16.0 Å². The van der Waals surface area contributed by atoms with E-state index in [1.165, 1.54) is 6.26 Å². The third kappa shape index (κ3) is 5.27. The van der Waals surface area contributed by atoms with Gasteiger partial charge >= 0.3 is 0 Å². The van der Waals surface area contributed by atoms with Crippen LogP contribution in [0.2, 0.25) is 5.02 Å². The highest BCUT2D eigenvalue weighted by atomic mass is 35.5. The summed E-state index contributed by atoms with van der Waals surface area (Å²) in [4.78, 5) is 29.3. The molecule has 3 rings (SSSR count). The highest BCUT2D eigenvalue weighted by molar-refractivity contribution is 6.34. The van der Waals surface area contributed by atoms with Gasteiger partial charge < -0.3 is 19.5 Å². The highest BCUT2D eigenvalue weighted by Crippen LogP contribution is 2.27. The molecule has 2 aromatic carbocycles. The minimum absolute atomic E-state index is 0.0472. The number of nitrogens with one attached hydrogen (secondary N) is 1. The number of carbonyl (C=O) groups is 2. The molecule has 0 aliphatic heterocycles. The highest BCUT2D eigenvalue weighted by Gasteiger charge is 2.23. The predicted molar refractivity (Wildman–Crippen MR) is 124 cm³/mol. The molecule has 0 unspecified atom stereocenters. The second-order valence-corrected chi connectivity index (χ2v) is 8.08. The molecule has 31 heavy (non-hydrogen) atoms. The van der Waals surface area contributed by atoms with Crippen molar-refractivity contribution in [2.24, 2.45) is 0 Å². The third-order valence-corrected chi connectivity index (χ3v) is 5.22. The summed E-state index contributed by atoms with van der Waals surface area (Å²) in [6, 6.07) is 15.8. The zero-order valence-electron chi connectivity index (χ0n) is 18.1. The van der Waals surface area contributed by atoms with Crippen molar-refractivity contribution in [3.05, 3.63) is 82.8 Å². The van der Waals surface area contributed by atoms with E-state index in [0.29, 0.717) is 28.6 Å². The molecule has 0 radical (unpaired) electrons. The van der Waals surface area contributed by atoms with Crippen molar-refractivity contribution in [3.8, 4) is 0 Å². The van der Waals surface area contributed by atoms with Gasteiger partial charge in [-0.3, -0.25) is 9.59 Å². The molecule has 2 amide bonds. The van der Waals surface area contributed by atoms with E-state index in [0.717, 1.165) is 11.3 Å². The van der Waals surface area contributed by atoms with Gasteiger partial charge in [0.05, 0.1) is 16.8 Å². The van der Waals surface area contributed by atoms with Crippen LogP contribution in [0.4, 0.5) is 11.4 Å². The van der Waals surface area contributed by atoms with E-state index in [9.17, 15) is 9.59 Å².